The lowest BCUT2D eigenvalue weighted by molar-refractivity contribution is 0.0939. The Kier molecular flexibility index (Phi) is 4.91. The molecule has 1 unspecified atom stereocenters. The fourth-order valence-electron chi connectivity index (χ4n) is 0.946. The number of ether oxygens (including phenoxy) is 1. The van der Waals surface area contributed by atoms with Crippen LogP contribution < -0.4 is 0 Å². The molecule has 0 radical (unpaired) electrons. The Hall–Kier alpha value is -1.23. The van der Waals surface area contributed by atoms with Crippen molar-refractivity contribution in [3.05, 3.63) is 24.3 Å². The van der Waals surface area contributed by atoms with Crippen molar-refractivity contribution in [2.45, 2.75) is 39.2 Å². The second-order valence-electron chi connectivity index (χ2n) is 3.53. The van der Waals surface area contributed by atoms with Gasteiger partial charge in [0.2, 0.25) is 0 Å². The van der Waals surface area contributed by atoms with Crippen molar-refractivity contribution in [2.75, 3.05) is 0 Å². The Morgan fingerprint density at radius 3 is 2.62 bits per heavy atom. The summed E-state index contributed by atoms with van der Waals surface area (Å²) in [6.45, 7) is 9.62. The van der Waals surface area contributed by atoms with Gasteiger partial charge in [-0.05, 0) is 39.7 Å². The molecule has 0 saturated carbocycles. The van der Waals surface area contributed by atoms with Crippen LogP contribution in [0.3, 0.4) is 0 Å². The molecule has 0 bridgehead atoms. The normalized spacial score (nSPS) is 13.7. The molecule has 0 saturated heterocycles. The molecule has 72 valence electrons. The lowest BCUT2D eigenvalue weighted by Gasteiger charge is -2.21. The van der Waals surface area contributed by atoms with Gasteiger partial charge in [-0.15, -0.1) is 0 Å². The summed E-state index contributed by atoms with van der Waals surface area (Å²) in [6, 6.07) is 0. The van der Waals surface area contributed by atoms with Crippen LogP contribution in [0.25, 0.3) is 0 Å². The topological polar surface area (TPSA) is 33.0 Å². The van der Waals surface area contributed by atoms with Crippen LogP contribution in [0, 0.1) is 11.5 Å². The maximum absolute atomic E-state index is 8.41. The van der Waals surface area contributed by atoms with E-state index in [1.807, 2.05) is 6.92 Å². The minimum absolute atomic E-state index is 0.513. The standard InChI is InChI=1S/C11H17NO/c1-5-11(4,13-9-12)8-6-7-10(2)3/h5,7H,1,6,8H2,2-4H3. The number of hydrogen-bond donors (Lipinski definition) is 0. The molecule has 0 aliphatic carbocycles. The van der Waals surface area contributed by atoms with Crippen LogP contribution in [0.15, 0.2) is 24.3 Å². The van der Waals surface area contributed by atoms with E-state index < -0.39 is 5.60 Å². The van der Waals surface area contributed by atoms with Gasteiger partial charge in [-0.3, -0.25) is 0 Å². The summed E-state index contributed by atoms with van der Waals surface area (Å²) in [7, 11) is 0. The van der Waals surface area contributed by atoms with E-state index in [-0.39, 0.29) is 0 Å². The Labute approximate surface area is 80.5 Å². The molecule has 13 heavy (non-hydrogen) atoms. The van der Waals surface area contributed by atoms with Crippen molar-refractivity contribution in [1.82, 2.24) is 0 Å². The van der Waals surface area contributed by atoms with Gasteiger partial charge in [-0.1, -0.05) is 18.2 Å². The van der Waals surface area contributed by atoms with Crippen LogP contribution in [-0.4, -0.2) is 5.60 Å². The molecule has 0 aliphatic heterocycles. The molecular formula is C11H17NO. The highest BCUT2D eigenvalue weighted by molar-refractivity contribution is 5.00. The maximum Gasteiger partial charge on any atom is 0.287 e. The number of nitrogens with zero attached hydrogens (tertiary/aromatic N) is 1. The van der Waals surface area contributed by atoms with Crippen LogP contribution in [0.2, 0.25) is 0 Å². The van der Waals surface area contributed by atoms with Gasteiger partial charge in [-0.25, -0.2) is 0 Å². The summed E-state index contributed by atoms with van der Waals surface area (Å²) in [5, 5.41) is 8.41. The highest BCUT2D eigenvalue weighted by atomic mass is 16.5. The van der Waals surface area contributed by atoms with E-state index in [4.69, 9.17) is 10.00 Å². The van der Waals surface area contributed by atoms with Crippen LogP contribution in [-0.2, 0) is 4.74 Å². The van der Waals surface area contributed by atoms with E-state index in [2.05, 4.69) is 26.5 Å². The summed E-state index contributed by atoms with van der Waals surface area (Å²) >= 11 is 0. The van der Waals surface area contributed by atoms with E-state index in [1.165, 1.54) is 5.57 Å². The van der Waals surface area contributed by atoms with Crippen molar-refractivity contribution in [3.8, 4) is 6.26 Å². The second-order valence-corrected chi connectivity index (χ2v) is 3.53. The molecule has 0 aromatic carbocycles. The molecule has 0 fully saturated rings. The number of rotatable bonds is 5. The highest BCUT2D eigenvalue weighted by Crippen LogP contribution is 2.19. The van der Waals surface area contributed by atoms with E-state index >= 15 is 0 Å². The molecular weight excluding hydrogens is 162 g/mol. The van der Waals surface area contributed by atoms with Gasteiger partial charge >= 0.3 is 0 Å². The Morgan fingerprint density at radius 1 is 1.62 bits per heavy atom. The lowest BCUT2D eigenvalue weighted by atomic mass is 9.99. The largest absolute Gasteiger partial charge is 0.417 e. The van der Waals surface area contributed by atoms with Gasteiger partial charge in [0, 0.05) is 0 Å². The van der Waals surface area contributed by atoms with Crippen molar-refractivity contribution in [2.24, 2.45) is 0 Å². The summed E-state index contributed by atoms with van der Waals surface area (Å²) < 4.78 is 4.92. The van der Waals surface area contributed by atoms with E-state index in [9.17, 15) is 0 Å². The molecule has 0 N–H and O–H groups in total. The minimum Gasteiger partial charge on any atom is -0.417 e. The van der Waals surface area contributed by atoms with Gasteiger partial charge in [0.1, 0.15) is 5.60 Å². The van der Waals surface area contributed by atoms with E-state index in [1.54, 1.807) is 12.3 Å². The molecule has 0 aliphatic rings. The quantitative estimate of drug-likeness (QED) is 0.479. The summed E-state index contributed by atoms with van der Waals surface area (Å²) in [5.41, 5.74) is 0.768. The van der Waals surface area contributed by atoms with Crippen molar-refractivity contribution in [3.63, 3.8) is 0 Å². The fourth-order valence-corrected chi connectivity index (χ4v) is 0.946. The van der Waals surface area contributed by atoms with Crippen LogP contribution >= 0.6 is 0 Å². The van der Waals surface area contributed by atoms with Crippen molar-refractivity contribution in [1.29, 1.82) is 5.26 Å². The van der Waals surface area contributed by atoms with Gasteiger partial charge < -0.3 is 4.74 Å². The molecule has 1 atom stereocenters. The van der Waals surface area contributed by atoms with Gasteiger partial charge in [-0.2, -0.15) is 5.26 Å². The molecule has 0 heterocycles. The monoisotopic (exact) mass is 179 g/mol. The minimum atomic E-state index is -0.513. The molecule has 2 nitrogen and oxygen atoms in total. The van der Waals surface area contributed by atoms with E-state index in [0.717, 1.165) is 12.8 Å². The first-order chi connectivity index (χ1) is 6.04. The van der Waals surface area contributed by atoms with Gasteiger partial charge in [0.25, 0.3) is 6.26 Å². The molecule has 0 aromatic rings. The third-order valence-electron chi connectivity index (χ3n) is 1.90. The zero-order valence-corrected chi connectivity index (χ0v) is 8.63. The summed E-state index contributed by atoms with van der Waals surface area (Å²) in [6.07, 6.45) is 7.20. The molecule has 0 rings (SSSR count). The number of hydrogen-bond acceptors (Lipinski definition) is 2. The highest BCUT2D eigenvalue weighted by Gasteiger charge is 2.20. The molecule has 0 amide bonds. The van der Waals surface area contributed by atoms with Gasteiger partial charge in [0.15, 0.2) is 0 Å². The van der Waals surface area contributed by atoms with Crippen LogP contribution in [0.1, 0.15) is 33.6 Å². The zero-order chi connectivity index (χ0) is 10.3. The maximum atomic E-state index is 8.41. The summed E-state index contributed by atoms with van der Waals surface area (Å²) in [5.74, 6) is 0. The van der Waals surface area contributed by atoms with Crippen LogP contribution in [0.4, 0.5) is 0 Å². The first-order valence-corrected chi connectivity index (χ1v) is 4.38. The predicted molar refractivity (Wildman–Crippen MR) is 54.0 cm³/mol. The first kappa shape index (κ1) is 11.8. The molecule has 2 heteroatoms. The Bertz CT molecular complexity index is 233. The fraction of sp³-hybridized carbons (Fsp3) is 0.545. The van der Waals surface area contributed by atoms with Gasteiger partial charge in [0.05, 0.1) is 0 Å². The SMILES string of the molecule is C=CC(C)(CCC=C(C)C)OC#N. The van der Waals surface area contributed by atoms with Crippen molar-refractivity contribution < 1.29 is 4.74 Å². The molecule has 0 aromatic heterocycles. The smallest absolute Gasteiger partial charge is 0.287 e. The predicted octanol–water partition coefficient (Wildman–Crippen LogP) is 3.18. The number of allylic oxidation sites excluding steroid dienone is 2. The average molecular weight is 179 g/mol. The number of nitriles is 1. The zero-order valence-electron chi connectivity index (χ0n) is 8.63. The average Bonchev–Trinajstić information content (AvgIpc) is 2.04. The second kappa shape index (κ2) is 5.42. The van der Waals surface area contributed by atoms with Crippen LogP contribution in [0.5, 0.6) is 0 Å². The summed E-state index contributed by atoms with van der Waals surface area (Å²) in [4.78, 5) is 0. The molecule has 0 spiro atoms. The first-order valence-electron chi connectivity index (χ1n) is 4.38. The third-order valence-corrected chi connectivity index (χ3v) is 1.90. The Morgan fingerprint density at radius 2 is 2.23 bits per heavy atom. The lowest BCUT2D eigenvalue weighted by Crippen LogP contribution is -2.23. The third kappa shape index (κ3) is 5.08. The van der Waals surface area contributed by atoms with Crippen molar-refractivity contribution >= 4 is 0 Å². The Balaban J connectivity index is 4.07. The van der Waals surface area contributed by atoms with E-state index in [0.29, 0.717) is 0 Å².